The molecule has 9 nitrogen and oxygen atoms in total. The summed E-state index contributed by atoms with van der Waals surface area (Å²) in [5.74, 6) is -1.47. The summed E-state index contributed by atoms with van der Waals surface area (Å²) in [5, 5.41) is 3.66. The topological polar surface area (TPSA) is 112 Å². The number of rotatable bonds is 8. The number of benzene rings is 1. The van der Waals surface area contributed by atoms with Crippen LogP contribution in [0.4, 0.5) is 4.39 Å². The number of nitrogens with one attached hydrogen (secondary N) is 2. The number of H-pyrrole nitrogens is 1. The molecule has 0 unspecified atom stereocenters. The molecule has 2 saturated heterocycles. The normalized spacial score (nSPS) is 25.1. The monoisotopic (exact) mass is 522 g/mol. The van der Waals surface area contributed by atoms with Gasteiger partial charge in [-0.25, -0.2) is 12.8 Å². The molecule has 3 heterocycles. The van der Waals surface area contributed by atoms with Crippen LogP contribution in [0.15, 0.2) is 24.4 Å². The zero-order valence-electron chi connectivity index (χ0n) is 21.3. The molecule has 0 bridgehead atoms. The lowest BCUT2D eigenvalue weighted by Gasteiger charge is -2.34. The zero-order chi connectivity index (χ0) is 26.4. The van der Waals surface area contributed by atoms with Crippen LogP contribution in [0.1, 0.15) is 45.1 Å². The molecule has 2 aromatic rings. The average molecular weight is 523 g/mol. The highest BCUT2D eigenvalue weighted by molar-refractivity contribution is 7.88. The van der Waals surface area contributed by atoms with Gasteiger partial charge in [-0.15, -0.1) is 0 Å². The third-order valence-corrected chi connectivity index (χ3v) is 9.10. The largest absolute Gasteiger partial charge is 0.379 e. The Balaban J connectivity index is 1.72. The number of carbonyl (C=O) groups is 2. The maximum atomic E-state index is 13.9. The average Bonchev–Trinajstić information content (AvgIpc) is 3.54. The van der Waals surface area contributed by atoms with Gasteiger partial charge in [0.25, 0.3) is 0 Å². The minimum absolute atomic E-state index is 0.214. The van der Waals surface area contributed by atoms with Gasteiger partial charge in [0.2, 0.25) is 21.8 Å². The van der Waals surface area contributed by atoms with E-state index in [4.69, 9.17) is 4.74 Å². The molecule has 1 aromatic carbocycles. The fourth-order valence-electron chi connectivity index (χ4n) is 5.56. The Kier molecular flexibility index (Phi) is 7.45. The first-order valence-corrected chi connectivity index (χ1v) is 14.2. The second kappa shape index (κ2) is 10.1. The molecule has 36 heavy (non-hydrogen) atoms. The summed E-state index contributed by atoms with van der Waals surface area (Å²) < 4.78 is 46.1. The third kappa shape index (κ3) is 4.76. The van der Waals surface area contributed by atoms with Gasteiger partial charge in [-0.3, -0.25) is 9.59 Å². The van der Waals surface area contributed by atoms with E-state index in [2.05, 4.69) is 10.3 Å². The van der Waals surface area contributed by atoms with Crippen molar-refractivity contribution in [2.75, 3.05) is 26.5 Å². The van der Waals surface area contributed by atoms with Crippen molar-refractivity contribution in [3.8, 4) is 0 Å². The van der Waals surface area contributed by atoms with Crippen molar-refractivity contribution in [3.05, 3.63) is 35.8 Å². The number of hydrogen-bond acceptors (Lipinski definition) is 5. The summed E-state index contributed by atoms with van der Waals surface area (Å²) in [5.41, 5.74) is 1.45. The van der Waals surface area contributed by atoms with E-state index in [-0.39, 0.29) is 42.1 Å². The van der Waals surface area contributed by atoms with Gasteiger partial charge in [-0.2, -0.15) is 4.31 Å². The summed E-state index contributed by atoms with van der Waals surface area (Å²) in [6.07, 6.45) is 3.51. The number of halogens is 1. The van der Waals surface area contributed by atoms with Crippen LogP contribution in [0.5, 0.6) is 0 Å². The Bertz CT molecular complexity index is 1250. The Morgan fingerprint density at radius 1 is 1.31 bits per heavy atom. The Morgan fingerprint density at radius 2 is 2.03 bits per heavy atom. The number of fused-ring (bicyclic) bond motifs is 2. The molecule has 2 aliphatic rings. The van der Waals surface area contributed by atoms with Crippen LogP contribution in [0.25, 0.3) is 10.9 Å². The lowest BCUT2D eigenvalue weighted by atomic mass is 9.91. The summed E-state index contributed by atoms with van der Waals surface area (Å²) in [6.45, 7) is 6.01. The van der Waals surface area contributed by atoms with Gasteiger partial charge < -0.3 is 19.9 Å². The van der Waals surface area contributed by atoms with E-state index in [9.17, 15) is 22.4 Å². The molecular formula is C25H35FN4O5S. The van der Waals surface area contributed by atoms with E-state index in [1.54, 1.807) is 31.0 Å². The first-order valence-electron chi connectivity index (χ1n) is 12.3. The van der Waals surface area contributed by atoms with Crippen LogP contribution in [0, 0.1) is 11.7 Å². The van der Waals surface area contributed by atoms with E-state index in [1.165, 1.54) is 29.8 Å². The van der Waals surface area contributed by atoms with Crippen LogP contribution in [-0.4, -0.2) is 85.1 Å². The van der Waals surface area contributed by atoms with E-state index in [0.717, 1.165) is 10.9 Å². The first-order chi connectivity index (χ1) is 17.0. The van der Waals surface area contributed by atoms with Crippen molar-refractivity contribution < 1.29 is 27.1 Å². The van der Waals surface area contributed by atoms with Gasteiger partial charge in [0, 0.05) is 55.2 Å². The molecule has 0 radical (unpaired) electrons. The molecule has 2 fully saturated rings. The van der Waals surface area contributed by atoms with E-state index < -0.39 is 28.2 Å². The lowest BCUT2D eigenvalue weighted by Crippen LogP contribution is -2.57. The number of carbonyl (C=O) groups excluding carboxylic acids is 2. The van der Waals surface area contributed by atoms with Crippen LogP contribution < -0.4 is 5.32 Å². The number of methoxy groups -OCH3 is 1. The number of nitrogens with zero attached hydrogens (tertiary/aromatic N) is 2. The predicted octanol–water partition coefficient (Wildman–Crippen LogP) is 2.20. The Morgan fingerprint density at radius 3 is 2.67 bits per heavy atom. The molecule has 2 amide bonds. The second-order valence-corrected chi connectivity index (χ2v) is 11.9. The van der Waals surface area contributed by atoms with Crippen LogP contribution >= 0.6 is 0 Å². The molecule has 0 spiro atoms. The van der Waals surface area contributed by atoms with Crippen molar-refractivity contribution in [1.29, 1.82) is 0 Å². The number of aromatic nitrogens is 1. The predicted molar refractivity (Wildman–Crippen MR) is 134 cm³/mol. The third-order valence-electron chi connectivity index (χ3n) is 7.83. The fraction of sp³-hybridized carbons (Fsp3) is 0.600. The molecule has 1 aromatic heterocycles. The highest BCUT2D eigenvalue weighted by atomic mass is 32.2. The highest BCUT2D eigenvalue weighted by Gasteiger charge is 2.54. The van der Waals surface area contributed by atoms with Gasteiger partial charge in [-0.05, 0) is 43.5 Å². The molecule has 0 saturated carbocycles. The molecule has 4 rings (SSSR count). The van der Waals surface area contributed by atoms with Crippen LogP contribution in [0.2, 0.25) is 0 Å². The number of hydrogen-bond donors (Lipinski definition) is 2. The summed E-state index contributed by atoms with van der Waals surface area (Å²) in [7, 11) is -2.05. The number of amides is 2. The minimum atomic E-state index is -3.53. The summed E-state index contributed by atoms with van der Waals surface area (Å²) >= 11 is 0. The molecule has 11 heteroatoms. The SMILES string of the molecule is CC[C@@H](C)C(=O)N[C@H](C(=O)N1CC[C@@H]2[C@H]1[C@@H](c1c[nH]c3cc(F)ccc13)CN2S(C)(=O)=O)[C@@H](C)OC. The quantitative estimate of drug-likeness (QED) is 0.552. The molecule has 2 aliphatic heterocycles. The van der Waals surface area contributed by atoms with E-state index in [0.29, 0.717) is 24.9 Å². The van der Waals surface area contributed by atoms with Crippen molar-refractivity contribution in [3.63, 3.8) is 0 Å². The van der Waals surface area contributed by atoms with Gasteiger partial charge in [0.1, 0.15) is 11.9 Å². The summed E-state index contributed by atoms with van der Waals surface area (Å²) in [4.78, 5) is 31.4. The van der Waals surface area contributed by atoms with Gasteiger partial charge in [0.05, 0.1) is 18.4 Å². The van der Waals surface area contributed by atoms with Crippen molar-refractivity contribution in [2.45, 2.75) is 63.8 Å². The van der Waals surface area contributed by atoms with Crippen LogP contribution in [-0.2, 0) is 24.3 Å². The molecule has 6 atom stereocenters. The molecular weight excluding hydrogens is 487 g/mol. The van der Waals surface area contributed by atoms with Gasteiger partial charge >= 0.3 is 0 Å². The summed E-state index contributed by atoms with van der Waals surface area (Å²) in [6, 6.07) is 2.74. The second-order valence-electron chi connectivity index (χ2n) is 9.99. The van der Waals surface area contributed by atoms with Crippen molar-refractivity contribution >= 4 is 32.7 Å². The standard InChI is InChI=1S/C25H35FN4O5S/c1-6-14(2)24(31)28-22(15(3)35-4)25(32)29-10-9-21-23(29)19(13-30(21)36(5,33)34)18-12-27-20-11-16(26)7-8-17(18)20/h7-8,11-12,14-15,19,21-23,27H,6,9-10,13H2,1-5H3,(H,28,31)/t14-,15-,19-,21-,22+,23-/m1/s1. The Hall–Kier alpha value is -2.50. The van der Waals surface area contributed by atoms with Crippen LogP contribution in [0.3, 0.4) is 0 Å². The smallest absolute Gasteiger partial charge is 0.248 e. The minimum Gasteiger partial charge on any atom is -0.379 e. The van der Waals surface area contributed by atoms with Crippen molar-refractivity contribution in [1.82, 2.24) is 19.5 Å². The first kappa shape index (κ1) is 26.6. The number of ether oxygens (including phenoxy) is 1. The lowest BCUT2D eigenvalue weighted by molar-refractivity contribution is -0.141. The maximum Gasteiger partial charge on any atom is 0.248 e. The molecule has 2 N–H and O–H groups in total. The van der Waals surface area contributed by atoms with Crippen molar-refractivity contribution in [2.24, 2.45) is 5.92 Å². The zero-order valence-corrected chi connectivity index (χ0v) is 22.1. The van der Waals surface area contributed by atoms with E-state index >= 15 is 0 Å². The molecule has 0 aliphatic carbocycles. The fourth-order valence-corrected chi connectivity index (χ4v) is 6.71. The molecule has 198 valence electrons. The number of likely N-dealkylation sites (tertiary alicyclic amines) is 1. The van der Waals surface area contributed by atoms with E-state index in [1.807, 2.05) is 6.92 Å². The Labute approximate surface area is 211 Å². The highest BCUT2D eigenvalue weighted by Crippen LogP contribution is 2.44. The van der Waals surface area contributed by atoms with Gasteiger partial charge in [-0.1, -0.05) is 13.8 Å². The number of sulfonamides is 1. The van der Waals surface area contributed by atoms with Gasteiger partial charge in [0.15, 0.2) is 0 Å². The maximum absolute atomic E-state index is 13.9. The number of aromatic amines is 1.